The van der Waals surface area contributed by atoms with Crippen LogP contribution in [0.1, 0.15) is 26.2 Å². The smallest absolute Gasteiger partial charge is 0.313 e. The molecule has 0 aromatic carbocycles. The largest absolute Gasteiger partial charge is 0.481 e. The molecule has 0 aliphatic heterocycles. The van der Waals surface area contributed by atoms with Crippen LogP contribution in [0.5, 0.6) is 0 Å². The second kappa shape index (κ2) is 5.20. The molecule has 14 heavy (non-hydrogen) atoms. The number of carbonyl (C=O) groups excluding carboxylic acids is 1. The molecular formula is C10H14O3S. The van der Waals surface area contributed by atoms with Crippen LogP contribution in [0.15, 0.2) is 11.0 Å². The van der Waals surface area contributed by atoms with Gasteiger partial charge in [-0.1, -0.05) is 19.4 Å². The van der Waals surface area contributed by atoms with Crippen molar-refractivity contribution in [2.75, 3.05) is 5.75 Å². The highest BCUT2D eigenvalue weighted by Gasteiger charge is 2.21. The van der Waals surface area contributed by atoms with Crippen molar-refractivity contribution in [3.63, 3.8) is 0 Å². The zero-order valence-electron chi connectivity index (χ0n) is 8.16. The minimum atomic E-state index is -0.874. The maximum atomic E-state index is 11.5. The van der Waals surface area contributed by atoms with Gasteiger partial charge in [0.15, 0.2) is 5.78 Å². The van der Waals surface area contributed by atoms with E-state index < -0.39 is 5.97 Å². The third-order valence-corrected chi connectivity index (χ3v) is 3.41. The van der Waals surface area contributed by atoms with Gasteiger partial charge >= 0.3 is 5.97 Å². The zero-order valence-corrected chi connectivity index (χ0v) is 8.97. The third-order valence-electron chi connectivity index (χ3n) is 2.31. The Morgan fingerprint density at radius 2 is 2.43 bits per heavy atom. The maximum absolute atomic E-state index is 11.5. The van der Waals surface area contributed by atoms with Crippen molar-refractivity contribution in [1.82, 2.24) is 0 Å². The molecular weight excluding hydrogens is 200 g/mol. The van der Waals surface area contributed by atoms with Crippen molar-refractivity contribution in [3.8, 4) is 0 Å². The lowest BCUT2D eigenvalue weighted by Gasteiger charge is -2.18. The van der Waals surface area contributed by atoms with Crippen molar-refractivity contribution in [2.45, 2.75) is 26.2 Å². The second-order valence-electron chi connectivity index (χ2n) is 3.39. The first kappa shape index (κ1) is 11.3. The summed E-state index contributed by atoms with van der Waals surface area (Å²) in [4.78, 5) is 22.4. The first-order chi connectivity index (χ1) is 6.63. The van der Waals surface area contributed by atoms with Gasteiger partial charge in [0.2, 0.25) is 0 Å². The normalized spacial score (nSPS) is 21.9. The Balaban J connectivity index is 2.49. The van der Waals surface area contributed by atoms with Crippen LogP contribution in [-0.4, -0.2) is 22.6 Å². The zero-order chi connectivity index (χ0) is 10.6. The number of hydrogen-bond donors (Lipinski definition) is 1. The number of carboxylic acids is 1. The van der Waals surface area contributed by atoms with Gasteiger partial charge in [-0.2, -0.15) is 0 Å². The molecule has 0 radical (unpaired) electrons. The van der Waals surface area contributed by atoms with Gasteiger partial charge in [-0.05, 0) is 12.3 Å². The lowest BCUT2D eigenvalue weighted by Crippen LogP contribution is -2.14. The van der Waals surface area contributed by atoms with Crippen LogP contribution in [0.4, 0.5) is 0 Å². The number of Topliss-reactive ketones (excluding diaryl/α,β-unsaturated/α-hetero) is 1. The van der Waals surface area contributed by atoms with E-state index in [2.05, 4.69) is 6.92 Å². The molecule has 4 heteroatoms. The summed E-state index contributed by atoms with van der Waals surface area (Å²) in [6.45, 7) is 2.07. The predicted octanol–water partition coefficient (Wildman–Crippen LogP) is 2.08. The fourth-order valence-electron chi connectivity index (χ4n) is 1.42. The van der Waals surface area contributed by atoms with Gasteiger partial charge in [-0.25, -0.2) is 0 Å². The molecule has 1 aliphatic carbocycles. The Morgan fingerprint density at radius 1 is 1.71 bits per heavy atom. The summed E-state index contributed by atoms with van der Waals surface area (Å²) >= 11 is 1.14. The molecule has 1 atom stereocenters. The fraction of sp³-hybridized carbons (Fsp3) is 0.600. The van der Waals surface area contributed by atoms with Crippen molar-refractivity contribution >= 4 is 23.5 Å². The van der Waals surface area contributed by atoms with E-state index >= 15 is 0 Å². The van der Waals surface area contributed by atoms with E-state index in [1.54, 1.807) is 0 Å². The van der Waals surface area contributed by atoms with Gasteiger partial charge in [0.1, 0.15) is 0 Å². The van der Waals surface area contributed by atoms with Gasteiger partial charge in [0.25, 0.3) is 0 Å². The molecule has 0 saturated carbocycles. The van der Waals surface area contributed by atoms with Gasteiger partial charge in [-0.15, -0.1) is 11.8 Å². The molecule has 1 aliphatic rings. The molecule has 0 aromatic heterocycles. The SMILES string of the molecule is CCC1CC=C(SCC(=O)O)C(=O)C1. The van der Waals surface area contributed by atoms with Crippen molar-refractivity contribution in [2.24, 2.45) is 5.92 Å². The molecule has 0 spiro atoms. The summed E-state index contributed by atoms with van der Waals surface area (Å²) in [6, 6.07) is 0. The third kappa shape index (κ3) is 3.18. The predicted molar refractivity (Wildman–Crippen MR) is 56.2 cm³/mol. The highest BCUT2D eigenvalue weighted by atomic mass is 32.2. The fourth-order valence-corrected chi connectivity index (χ4v) is 2.16. The van der Waals surface area contributed by atoms with Crippen LogP contribution in [0.3, 0.4) is 0 Å². The Labute approximate surface area is 87.6 Å². The molecule has 1 unspecified atom stereocenters. The van der Waals surface area contributed by atoms with Crippen molar-refractivity contribution in [3.05, 3.63) is 11.0 Å². The summed E-state index contributed by atoms with van der Waals surface area (Å²) in [7, 11) is 0. The molecule has 0 bridgehead atoms. The van der Waals surface area contributed by atoms with Crippen LogP contribution in [-0.2, 0) is 9.59 Å². The number of ketones is 1. The number of carboxylic acid groups (broad SMARTS) is 1. The average Bonchev–Trinajstić information content (AvgIpc) is 2.15. The van der Waals surface area contributed by atoms with Gasteiger partial charge in [0.05, 0.1) is 5.75 Å². The lowest BCUT2D eigenvalue weighted by atomic mass is 9.91. The Hall–Kier alpha value is -0.770. The van der Waals surface area contributed by atoms with E-state index in [1.807, 2.05) is 6.08 Å². The summed E-state index contributed by atoms with van der Waals surface area (Å²) < 4.78 is 0. The van der Waals surface area contributed by atoms with E-state index in [0.717, 1.165) is 24.6 Å². The molecule has 0 aromatic rings. The maximum Gasteiger partial charge on any atom is 0.313 e. The highest BCUT2D eigenvalue weighted by Crippen LogP contribution is 2.29. The van der Waals surface area contributed by atoms with Gasteiger partial charge in [-0.3, -0.25) is 9.59 Å². The lowest BCUT2D eigenvalue weighted by molar-refractivity contribution is -0.133. The monoisotopic (exact) mass is 214 g/mol. The molecule has 1 N–H and O–H groups in total. The molecule has 0 fully saturated rings. The van der Waals surface area contributed by atoms with E-state index in [-0.39, 0.29) is 11.5 Å². The number of thioether (sulfide) groups is 1. The van der Waals surface area contributed by atoms with Crippen LogP contribution in [0, 0.1) is 5.92 Å². The quantitative estimate of drug-likeness (QED) is 0.778. The topological polar surface area (TPSA) is 54.4 Å². The summed E-state index contributed by atoms with van der Waals surface area (Å²) in [6.07, 6.45) is 4.38. The number of allylic oxidation sites excluding steroid dienone is 2. The van der Waals surface area contributed by atoms with Crippen LogP contribution in [0.2, 0.25) is 0 Å². The summed E-state index contributed by atoms with van der Waals surface area (Å²) in [5.41, 5.74) is 0. The molecule has 78 valence electrons. The molecule has 1 rings (SSSR count). The first-order valence-corrected chi connectivity index (χ1v) is 5.70. The molecule has 3 nitrogen and oxygen atoms in total. The van der Waals surface area contributed by atoms with Crippen molar-refractivity contribution in [1.29, 1.82) is 0 Å². The van der Waals surface area contributed by atoms with Crippen molar-refractivity contribution < 1.29 is 14.7 Å². The van der Waals surface area contributed by atoms with Crippen LogP contribution in [0.25, 0.3) is 0 Å². The van der Waals surface area contributed by atoms with E-state index in [9.17, 15) is 9.59 Å². The number of aliphatic carboxylic acids is 1. The summed E-state index contributed by atoms with van der Waals surface area (Å²) in [5, 5.41) is 8.47. The van der Waals surface area contributed by atoms with Gasteiger partial charge in [0, 0.05) is 11.3 Å². The second-order valence-corrected chi connectivity index (χ2v) is 4.41. The van der Waals surface area contributed by atoms with E-state index in [1.165, 1.54) is 0 Å². The minimum Gasteiger partial charge on any atom is -0.481 e. The highest BCUT2D eigenvalue weighted by molar-refractivity contribution is 8.04. The first-order valence-electron chi connectivity index (χ1n) is 4.71. The Morgan fingerprint density at radius 3 is 2.93 bits per heavy atom. The number of carbonyl (C=O) groups is 2. The molecule has 0 amide bonds. The summed E-state index contributed by atoms with van der Waals surface area (Å²) in [5.74, 6) is -0.332. The molecule has 0 saturated heterocycles. The van der Waals surface area contributed by atoms with Gasteiger partial charge < -0.3 is 5.11 Å². The van der Waals surface area contributed by atoms with E-state index in [0.29, 0.717) is 17.2 Å². The molecule has 0 heterocycles. The number of hydrogen-bond acceptors (Lipinski definition) is 3. The average molecular weight is 214 g/mol. The van der Waals surface area contributed by atoms with Crippen LogP contribution < -0.4 is 0 Å². The van der Waals surface area contributed by atoms with Crippen LogP contribution >= 0.6 is 11.8 Å². The number of rotatable bonds is 4. The van der Waals surface area contributed by atoms with E-state index in [4.69, 9.17) is 5.11 Å². The Kier molecular flexibility index (Phi) is 4.20. The Bertz CT molecular complexity index is 271. The standard InChI is InChI=1S/C10H14O3S/c1-2-7-3-4-9(8(11)5-7)14-6-10(12)13/h4,7H,2-3,5-6H2,1H3,(H,12,13). The minimum absolute atomic E-state index is 0.0195.